The SMILES string of the molecule is C=C(C)c1cc(=C)\c(=C(/C=C(C)/C(/C=C(/F)CC)=C/CC)C(C)(C)C)o1.C=NC.CCC(C)(C)C.CCCC. The summed E-state index contributed by atoms with van der Waals surface area (Å²) in [6.07, 6.45) is 10.9. The van der Waals surface area contributed by atoms with Crippen LogP contribution in [0.4, 0.5) is 4.39 Å². The first kappa shape index (κ1) is 41.1. The molecule has 0 saturated carbocycles. The predicted molar refractivity (Wildman–Crippen MR) is 178 cm³/mol. The Labute approximate surface area is 242 Å². The molecule has 1 aromatic heterocycles. The molecule has 0 aliphatic carbocycles. The van der Waals surface area contributed by atoms with E-state index in [4.69, 9.17) is 4.42 Å². The second-order valence-corrected chi connectivity index (χ2v) is 12.0. The summed E-state index contributed by atoms with van der Waals surface area (Å²) in [5.74, 6) is 0.634. The molecule has 0 atom stereocenters. The van der Waals surface area contributed by atoms with E-state index in [1.165, 1.54) is 19.3 Å². The van der Waals surface area contributed by atoms with Crippen LogP contribution in [-0.4, -0.2) is 13.8 Å². The number of aliphatic imine (C=N–C) groups is 1. The van der Waals surface area contributed by atoms with Crippen LogP contribution in [0.5, 0.6) is 0 Å². The molecule has 0 amide bonds. The third kappa shape index (κ3) is 20.2. The lowest BCUT2D eigenvalue weighted by Gasteiger charge is -2.20. The molecule has 0 N–H and O–H groups in total. The lowest BCUT2D eigenvalue weighted by atomic mass is 9.84. The minimum absolute atomic E-state index is 0.116. The van der Waals surface area contributed by atoms with E-state index in [0.29, 0.717) is 11.8 Å². The average Bonchev–Trinajstić information content (AvgIpc) is 3.23. The molecule has 0 bridgehead atoms. The number of allylic oxidation sites excluding steroid dienone is 7. The first-order valence-electron chi connectivity index (χ1n) is 14.5. The van der Waals surface area contributed by atoms with Gasteiger partial charge >= 0.3 is 0 Å². The van der Waals surface area contributed by atoms with Gasteiger partial charge < -0.3 is 9.41 Å². The Morgan fingerprint density at radius 2 is 1.44 bits per heavy atom. The third-order valence-electron chi connectivity index (χ3n) is 5.73. The smallest absolute Gasteiger partial charge is 0.137 e. The average molecular weight is 544 g/mol. The summed E-state index contributed by atoms with van der Waals surface area (Å²) in [4.78, 5) is 3.25. The molecule has 224 valence electrons. The number of furan rings is 1. The maximum Gasteiger partial charge on any atom is 0.137 e. The summed E-state index contributed by atoms with van der Waals surface area (Å²) in [7, 11) is 1.64. The lowest BCUT2D eigenvalue weighted by Crippen LogP contribution is -2.26. The summed E-state index contributed by atoms with van der Waals surface area (Å²) in [6, 6.07) is 1.92. The first-order valence-corrected chi connectivity index (χ1v) is 14.5. The van der Waals surface area contributed by atoms with Gasteiger partial charge in [-0.05, 0) is 73.1 Å². The van der Waals surface area contributed by atoms with E-state index < -0.39 is 0 Å². The van der Waals surface area contributed by atoms with Crippen LogP contribution < -0.4 is 10.6 Å². The van der Waals surface area contributed by atoms with Crippen LogP contribution in [0.3, 0.4) is 0 Å². The van der Waals surface area contributed by atoms with Crippen LogP contribution >= 0.6 is 0 Å². The largest absolute Gasteiger partial charge is 0.456 e. The predicted octanol–water partition coefficient (Wildman–Crippen LogP) is 11.0. The first-order chi connectivity index (χ1) is 17.9. The molecule has 1 rings (SSSR count). The number of hydrogen-bond donors (Lipinski definition) is 0. The van der Waals surface area contributed by atoms with Crippen molar-refractivity contribution in [1.82, 2.24) is 0 Å². The highest BCUT2D eigenvalue weighted by atomic mass is 19.1. The van der Waals surface area contributed by atoms with Crippen LogP contribution in [-0.2, 0) is 0 Å². The molecular weight excluding hydrogens is 481 g/mol. The molecule has 0 radical (unpaired) electrons. The standard InChI is InChI=1S/C24H33FO.C6H14.C4H10.C2H5N/c1-10-12-19(15-20(25)11-2)17(5)13-21(24(7,8)9)23-18(6)14-22(26-23)16(3)4;1-5-6(2,3)4;1-3-4-2;1-3-2/h12-15H,3,6,10-11H2,1-2,4-5,7-9H3;5H2,1-4H3;3-4H2,1-2H3;1H2,2H3/b17-13+,19-12+,20-15+,23-21-;;;. The normalized spacial score (nSPS) is 13.2. The van der Waals surface area contributed by atoms with E-state index in [-0.39, 0.29) is 11.2 Å². The van der Waals surface area contributed by atoms with Gasteiger partial charge in [0.1, 0.15) is 17.0 Å². The van der Waals surface area contributed by atoms with Crippen molar-refractivity contribution in [2.45, 2.75) is 122 Å². The van der Waals surface area contributed by atoms with Gasteiger partial charge in [0, 0.05) is 17.8 Å². The van der Waals surface area contributed by atoms with Gasteiger partial charge in [0.05, 0.1) is 0 Å². The van der Waals surface area contributed by atoms with Crippen LogP contribution in [0.1, 0.15) is 128 Å². The summed E-state index contributed by atoms with van der Waals surface area (Å²) < 4.78 is 19.9. The molecule has 0 saturated heterocycles. The summed E-state index contributed by atoms with van der Waals surface area (Å²) in [5.41, 5.74) is 4.99. The Morgan fingerprint density at radius 1 is 0.974 bits per heavy atom. The lowest BCUT2D eigenvalue weighted by molar-refractivity contribution is 0.398. The topological polar surface area (TPSA) is 25.5 Å². The van der Waals surface area contributed by atoms with Gasteiger partial charge in [0.15, 0.2) is 0 Å². The summed E-state index contributed by atoms with van der Waals surface area (Å²) >= 11 is 0. The molecule has 2 nitrogen and oxygen atoms in total. The fourth-order valence-electron chi connectivity index (χ4n) is 2.61. The second kappa shape index (κ2) is 21.4. The van der Waals surface area contributed by atoms with Crippen LogP contribution in [0.2, 0.25) is 0 Å². The van der Waals surface area contributed by atoms with E-state index in [1.807, 2.05) is 32.9 Å². The van der Waals surface area contributed by atoms with Crippen LogP contribution in [0.25, 0.3) is 17.7 Å². The van der Waals surface area contributed by atoms with Gasteiger partial charge in [-0.2, -0.15) is 0 Å². The van der Waals surface area contributed by atoms with E-state index in [2.05, 4.69) is 100 Å². The molecule has 0 aromatic carbocycles. The monoisotopic (exact) mass is 543 g/mol. The highest BCUT2D eigenvalue weighted by molar-refractivity contribution is 5.65. The van der Waals surface area contributed by atoms with Crippen LogP contribution in [0.15, 0.2) is 57.3 Å². The summed E-state index contributed by atoms with van der Waals surface area (Å²) in [6.45, 7) is 38.7. The number of rotatable bonds is 7. The van der Waals surface area contributed by atoms with Gasteiger partial charge in [0.2, 0.25) is 0 Å². The van der Waals surface area contributed by atoms with Gasteiger partial charge in [-0.1, -0.05) is 121 Å². The van der Waals surface area contributed by atoms with Gasteiger partial charge in [-0.25, -0.2) is 4.39 Å². The van der Waals surface area contributed by atoms with Gasteiger partial charge in [-0.15, -0.1) is 0 Å². The zero-order chi connectivity index (χ0) is 31.4. The van der Waals surface area contributed by atoms with Crippen molar-refractivity contribution in [1.29, 1.82) is 0 Å². The van der Waals surface area contributed by atoms with E-state index in [9.17, 15) is 4.39 Å². The molecule has 0 unspecified atom stereocenters. The quantitative estimate of drug-likeness (QED) is 0.248. The fraction of sp³-hybridized carbons (Fsp3) is 0.583. The maximum atomic E-state index is 13.9. The van der Waals surface area contributed by atoms with E-state index in [0.717, 1.165) is 45.1 Å². The Hall–Kier alpha value is -2.42. The van der Waals surface area contributed by atoms with Crippen molar-refractivity contribution in [3.8, 4) is 0 Å². The van der Waals surface area contributed by atoms with Gasteiger partial charge in [-0.3, -0.25) is 0 Å². The second-order valence-electron chi connectivity index (χ2n) is 12.0. The Morgan fingerprint density at radius 3 is 1.72 bits per heavy atom. The fourth-order valence-corrected chi connectivity index (χ4v) is 2.61. The molecule has 0 aliphatic heterocycles. The zero-order valence-corrected chi connectivity index (χ0v) is 28.2. The Balaban J connectivity index is -0.000000825. The van der Waals surface area contributed by atoms with Gasteiger partial charge in [0.25, 0.3) is 0 Å². The molecule has 0 aliphatic rings. The molecule has 3 heteroatoms. The van der Waals surface area contributed by atoms with Crippen molar-refractivity contribution in [2.24, 2.45) is 15.8 Å². The molecule has 0 fully saturated rings. The summed E-state index contributed by atoms with van der Waals surface area (Å²) in [5, 5.41) is 0.841. The molecular formula is C36H62FNO. The highest BCUT2D eigenvalue weighted by Crippen LogP contribution is 2.29. The molecule has 1 aromatic rings. The molecule has 1 heterocycles. The molecule has 39 heavy (non-hydrogen) atoms. The van der Waals surface area contributed by atoms with Crippen molar-refractivity contribution >= 4 is 24.4 Å². The van der Waals surface area contributed by atoms with Crippen molar-refractivity contribution in [3.63, 3.8) is 0 Å². The van der Waals surface area contributed by atoms with E-state index >= 15 is 0 Å². The number of halogens is 1. The highest BCUT2D eigenvalue weighted by Gasteiger charge is 2.19. The Bertz CT molecular complexity index is 1030. The number of hydrogen-bond acceptors (Lipinski definition) is 2. The minimum atomic E-state index is -0.151. The van der Waals surface area contributed by atoms with E-state index in [1.54, 1.807) is 13.1 Å². The number of unbranched alkanes of at least 4 members (excludes halogenated alkanes) is 1. The Kier molecular flexibility index (Phi) is 22.5. The maximum absolute atomic E-state index is 13.9. The van der Waals surface area contributed by atoms with Crippen LogP contribution in [0, 0.1) is 10.8 Å². The number of nitrogens with zero attached hydrogens (tertiary/aromatic N) is 1. The van der Waals surface area contributed by atoms with Crippen molar-refractivity contribution in [2.75, 3.05) is 7.05 Å². The molecule has 0 spiro atoms. The van der Waals surface area contributed by atoms with Crippen molar-refractivity contribution < 1.29 is 8.81 Å². The van der Waals surface area contributed by atoms with Crippen molar-refractivity contribution in [3.05, 3.63) is 64.2 Å². The third-order valence-corrected chi connectivity index (χ3v) is 5.73. The minimum Gasteiger partial charge on any atom is -0.456 e. The zero-order valence-electron chi connectivity index (χ0n) is 28.2.